The molecular formula is C25H26ClN5OS2. The van der Waals surface area contributed by atoms with Gasteiger partial charge in [0.15, 0.2) is 5.16 Å². The van der Waals surface area contributed by atoms with Crippen LogP contribution in [0.15, 0.2) is 42.1 Å². The average Bonchev–Trinajstić information content (AvgIpc) is 3.34. The quantitative estimate of drug-likeness (QED) is 0.295. The number of carbonyl (C=O) groups is 1. The molecule has 1 amide bonds. The Bertz CT molecular complexity index is 1210. The first-order valence-corrected chi connectivity index (χ1v) is 13.5. The molecule has 3 aromatic rings. The fourth-order valence-electron chi connectivity index (χ4n) is 4.07. The van der Waals surface area contributed by atoms with E-state index in [1.165, 1.54) is 29.5 Å². The Labute approximate surface area is 213 Å². The predicted molar refractivity (Wildman–Crippen MR) is 139 cm³/mol. The molecule has 2 heterocycles. The molecule has 4 rings (SSSR count). The van der Waals surface area contributed by atoms with Crippen molar-refractivity contribution in [3.63, 3.8) is 0 Å². The Balaban J connectivity index is 1.43. The number of aryl methyl sites for hydroxylation is 1. The number of nitriles is 1. The number of thiophene rings is 1. The lowest BCUT2D eigenvalue weighted by molar-refractivity contribution is -0.113. The van der Waals surface area contributed by atoms with E-state index in [1.54, 1.807) is 17.4 Å². The molecule has 0 spiro atoms. The van der Waals surface area contributed by atoms with Crippen molar-refractivity contribution in [2.45, 2.75) is 56.6 Å². The molecule has 0 unspecified atom stereocenters. The third-order valence-electron chi connectivity index (χ3n) is 5.75. The highest BCUT2D eigenvalue weighted by Crippen LogP contribution is 2.36. The van der Waals surface area contributed by atoms with E-state index in [2.05, 4.69) is 28.2 Å². The van der Waals surface area contributed by atoms with Gasteiger partial charge in [0.05, 0.1) is 11.3 Å². The van der Waals surface area contributed by atoms with Crippen molar-refractivity contribution >= 4 is 45.6 Å². The van der Waals surface area contributed by atoms with Crippen LogP contribution in [-0.4, -0.2) is 26.4 Å². The molecule has 1 aliphatic carbocycles. The summed E-state index contributed by atoms with van der Waals surface area (Å²) in [6.07, 6.45) is 8.96. The fourth-order valence-corrected chi connectivity index (χ4v) is 6.22. The molecule has 0 saturated heterocycles. The van der Waals surface area contributed by atoms with Crippen LogP contribution in [0.3, 0.4) is 0 Å². The number of carbonyl (C=O) groups excluding carboxylic acids is 1. The van der Waals surface area contributed by atoms with Crippen LogP contribution in [0.5, 0.6) is 0 Å². The Morgan fingerprint density at radius 2 is 2.00 bits per heavy atom. The van der Waals surface area contributed by atoms with Crippen LogP contribution in [0.4, 0.5) is 5.00 Å². The normalized spacial score (nSPS) is 13.4. The Morgan fingerprint density at radius 1 is 1.24 bits per heavy atom. The van der Waals surface area contributed by atoms with Gasteiger partial charge < -0.3 is 9.88 Å². The van der Waals surface area contributed by atoms with Crippen LogP contribution in [0, 0.1) is 11.3 Å². The molecule has 6 nitrogen and oxygen atoms in total. The summed E-state index contributed by atoms with van der Waals surface area (Å²) in [6.45, 7) is 4.39. The Kier molecular flexibility index (Phi) is 8.44. The third-order valence-corrected chi connectivity index (χ3v) is 8.18. The van der Waals surface area contributed by atoms with Gasteiger partial charge in [-0.25, -0.2) is 0 Å². The number of benzene rings is 1. The van der Waals surface area contributed by atoms with E-state index in [0.717, 1.165) is 42.6 Å². The molecule has 176 valence electrons. The number of hydrogen-bond acceptors (Lipinski definition) is 6. The number of halogens is 1. The van der Waals surface area contributed by atoms with Gasteiger partial charge in [0.2, 0.25) is 5.91 Å². The lowest BCUT2D eigenvalue weighted by Crippen LogP contribution is -2.15. The smallest absolute Gasteiger partial charge is 0.235 e. The summed E-state index contributed by atoms with van der Waals surface area (Å²) in [6, 6.07) is 9.97. The number of nitrogens with zero attached hydrogens (tertiary/aromatic N) is 4. The van der Waals surface area contributed by atoms with Crippen LogP contribution in [-0.2, 0) is 30.6 Å². The second kappa shape index (κ2) is 11.7. The highest BCUT2D eigenvalue weighted by molar-refractivity contribution is 7.99. The maximum atomic E-state index is 12.8. The average molecular weight is 512 g/mol. The molecule has 0 fully saturated rings. The number of nitrogens with one attached hydrogen (secondary N) is 1. The van der Waals surface area contributed by atoms with Gasteiger partial charge in [-0.15, -0.1) is 28.1 Å². The molecule has 0 atom stereocenters. The number of anilines is 1. The maximum Gasteiger partial charge on any atom is 0.235 e. The van der Waals surface area contributed by atoms with Crippen molar-refractivity contribution in [2.24, 2.45) is 0 Å². The van der Waals surface area contributed by atoms with Gasteiger partial charge >= 0.3 is 0 Å². The number of amides is 1. The van der Waals surface area contributed by atoms with Crippen molar-refractivity contribution in [1.82, 2.24) is 14.8 Å². The van der Waals surface area contributed by atoms with Gasteiger partial charge in [-0.05, 0) is 48.9 Å². The first-order valence-electron chi connectivity index (χ1n) is 11.3. The summed E-state index contributed by atoms with van der Waals surface area (Å²) in [5.74, 6) is 0.835. The Hall–Kier alpha value is -2.60. The van der Waals surface area contributed by atoms with Crippen LogP contribution in [0.1, 0.15) is 53.1 Å². The summed E-state index contributed by atoms with van der Waals surface area (Å²) >= 11 is 8.88. The van der Waals surface area contributed by atoms with Gasteiger partial charge in [0, 0.05) is 22.9 Å². The molecular weight excluding hydrogens is 486 g/mol. The van der Waals surface area contributed by atoms with Crippen molar-refractivity contribution in [2.75, 3.05) is 11.1 Å². The highest BCUT2D eigenvalue weighted by atomic mass is 35.5. The second-order valence-corrected chi connectivity index (χ2v) is 10.7. The van der Waals surface area contributed by atoms with E-state index in [0.29, 0.717) is 33.7 Å². The number of fused-ring (bicyclic) bond motifs is 1. The Morgan fingerprint density at radius 3 is 2.74 bits per heavy atom. The molecule has 9 heteroatoms. The van der Waals surface area contributed by atoms with Gasteiger partial charge in [0.25, 0.3) is 0 Å². The zero-order chi connectivity index (χ0) is 23.9. The zero-order valence-corrected chi connectivity index (χ0v) is 21.2. The van der Waals surface area contributed by atoms with Crippen molar-refractivity contribution in [3.05, 3.63) is 69.3 Å². The predicted octanol–water partition coefficient (Wildman–Crippen LogP) is 6.03. The standard InChI is InChI=1S/C25H26ClN5OS2/c1-2-13-31-22(14-17-9-11-18(26)12-10-17)29-30-25(31)33-16-23(32)28-24-20(15-27)19-7-5-3-4-6-8-21(19)34-24/h2,9-12H,1,3-8,13-14,16H2,(H,28,32). The molecule has 1 aliphatic rings. The molecule has 2 aromatic heterocycles. The van der Waals surface area contributed by atoms with E-state index in [1.807, 2.05) is 28.8 Å². The fraction of sp³-hybridized carbons (Fsp3) is 0.360. The van der Waals surface area contributed by atoms with E-state index in [4.69, 9.17) is 11.6 Å². The monoisotopic (exact) mass is 511 g/mol. The van der Waals surface area contributed by atoms with E-state index >= 15 is 0 Å². The lowest BCUT2D eigenvalue weighted by Gasteiger charge is -2.09. The van der Waals surface area contributed by atoms with Crippen LogP contribution < -0.4 is 5.32 Å². The summed E-state index contributed by atoms with van der Waals surface area (Å²) in [5.41, 5.74) is 2.85. The van der Waals surface area contributed by atoms with Gasteiger partial charge in [-0.1, -0.05) is 54.4 Å². The third kappa shape index (κ3) is 5.90. The molecule has 0 radical (unpaired) electrons. The molecule has 34 heavy (non-hydrogen) atoms. The van der Waals surface area contributed by atoms with Crippen LogP contribution in [0.2, 0.25) is 5.02 Å². The van der Waals surface area contributed by atoms with E-state index in [9.17, 15) is 10.1 Å². The largest absolute Gasteiger partial charge is 0.316 e. The van der Waals surface area contributed by atoms with Crippen molar-refractivity contribution < 1.29 is 4.79 Å². The molecule has 1 N–H and O–H groups in total. The second-order valence-electron chi connectivity index (χ2n) is 8.17. The molecule has 0 aliphatic heterocycles. The minimum absolute atomic E-state index is 0.150. The summed E-state index contributed by atoms with van der Waals surface area (Å²) < 4.78 is 1.97. The number of allylic oxidation sites excluding steroid dienone is 1. The number of thioether (sulfide) groups is 1. The number of hydrogen-bond donors (Lipinski definition) is 1. The first-order chi connectivity index (χ1) is 16.6. The summed E-state index contributed by atoms with van der Waals surface area (Å²) in [7, 11) is 0. The van der Waals surface area contributed by atoms with Gasteiger partial charge in [-0.2, -0.15) is 5.26 Å². The first kappa shape index (κ1) is 24.5. The van der Waals surface area contributed by atoms with Crippen LogP contribution >= 0.6 is 34.7 Å². The van der Waals surface area contributed by atoms with Crippen LogP contribution in [0.25, 0.3) is 0 Å². The van der Waals surface area contributed by atoms with Crippen molar-refractivity contribution in [3.8, 4) is 6.07 Å². The topological polar surface area (TPSA) is 83.6 Å². The SMILES string of the molecule is C=CCn1c(Cc2ccc(Cl)cc2)nnc1SCC(=O)Nc1sc2c(c1C#N)CCCCCC2. The number of aromatic nitrogens is 3. The number of rotatable bonds is 8. The van der Waals surface area contributed by atoms with E-state index < -0.39 is 0 Å². The highest BCUT2D eigenvalue weighted by Gasteiger charge is 2.21. The molecule has 1 aromatic carbocycles. The minimum Gasteiger partial charge on any atom is -0.316 e. The lowest BCUT2D eigenvalue weighted by atomic mass is 9.97. The zero-order valence-electron chi connectivity index (χ0n) is 18.8. The van der Waals surface area contributed by atoms with E-state index in [-0.39, 0.29) is 11.7 Å². The van der Waals surface area contributed by atoms with Gasteiger partial charge in [0.1, 0.15) is 16.9 Å². The van der Waals surface area contributed by atoms with Crippen molar-refractivity contribution in [1.29, 1.82) is 5.26 Å². The minimum atomic E-state index is -0.150. The van der Waals surface area contributed by atoms with Gasteiger partial charge in [-0.3, -0.25) is 4.79 Å². The molecule has 0 saturated carbocycles. The maximum absolute atomic E-state index is 12.8. The summed E-state index contributed by atoms with van der Waals surface area (Å²) in [4.78, 5) is 14.0. The molecule has 0 bridgehead atoms. The summed E-state index contributed by atoms with van der Waals surface area (Å²) in [5, 5.41) is 23.4.